The number of hydrogen-bond donors (Lipinski definition) is 3. The van der Waals surface area contributed by atoms with E-state index >= 15 is 0 Å². The summed E-state index contributed by atoms with van der Waals surface area (Å²) in [5, 5.41) is 21.5. The van der Waals surface area contributed by atoms with Gasteiger partial charge in [-0.2, -0.15) is 0 Å². The van der Waals surface area contributed by atoms with E-state index in [-0.39, 0.29) is 0 Å². The van der Waals surface area contributed by atoms with Crippen LogP contribution in [0, 0.1) is 0 Å². The SMILES string of the molecule is CC(O)[C@H](NCc1ccc(Cl)cc1)C(=O)O. The van der Waals surface area contributed by atoms with Crippen molar-refractivity contribution in [2.45, 2.75) is 25.6 Å². The second-order valence-corrected chi connectivity index (χ2v) is 4.00. The Balaban J connectivity index is 2.55. The molecule has 0 spiro atoms. The zero-order valence-electron chi connectivity index (χ0n) is 8.85. The second-order valence-electron chi connectivity index (χ2n) is 3.56. The Morgan fingerprint density at radius 3 is 2.44 bits per heavy atom. The third-order valence-corrected chi connectivity index (χ3v) is 2.44. The standard InChI is InChI=1S/C11H14ClNO3/c1-7(14)10(11(15)16)13-6-8-2-4-9(12)5-3-8/h2-5,7,10,13-14H,6H2,1H3,(H,15,16)/t7?,10-/m0/s1. The van der Waals surface area contributed by atoms with Gasteiger partial charge in [0.2, 0.25) is 0 Å². The second kappa shape index (κ2) is 5.84. The lowest BCUT2D eigenvalue weighted by Gasteiger charge is -2.16. The maximum atomic E-state index is 10.8. The van der Waals surface area contributed by atoms with E-state index in [1.807, 2.05) is 0 Å². The quantitative estimate of drug-likeness (QED) is 0.728. The van der Waals surface area contributed by atoms with E-state index in [0.717, 1.165) is 5.56 Å². The summed E-state index contributed by atoms with van der Waals surface area (Å²) in [6, 6.07) is 6.11. The number of hydrogen-bond acceptors (Lipinski definition) is 3. The molecular formula is C11H14ClNO3. The highest BCUT2D eigenvalue weighted by Crippen LogP contribution is 2.09. The molecule has 88 valence electrons. The first-order valence-corrected chi connectivity index (χ1v) is 5.27. The molecule has 5 heteroatoms. The zero-order chi connectivity index (χ0) is 12.1. The van der Waals surface area contributed by atoms with Gasteiger partial charge in [0, 0.05) is 11.6 Å². The Kier molecular flexibility index (Phi) is 4.73. The van der Waals surface area contributed by atoms with Gasteiger partial charge < -0.3 is 10.2 Å². The fourth-order valence-electron chi connectivity index (χ4n) is 1.29. The van der Waals surface area contributed by atoms with Crippen LogP contribution in [0.2, 0.25) is 5.02 Å². The largest absolute Gasteiger partial charge is 0.480 e. The van der Waals surface area contributed by atoms with Crippen LogP contribution >= 0.6 is 11.6 Å². The molecule has 0 saturated carbocycles. The Morgan fingerprint density at radius 1 is 1.44 bits per heavy atom. The molecule has 0 aliphatic heterocycles. The summed E-state index contributed by atoms with van der Waals surface area (Å²) in [5.74, 6) is -1.07. The minimum Gasteiger partial charge on any atom is -0.480 e. The van der Waals surface area contributed by atoms with Crippen LogP contribution in [0.3, 0.4) is 0 Å². The molecule has 0 fully saturated rings. The molecule has 1 aromatic carbocycles. The molecule has 0 saturated heterocycles. The van der Waals surface area contributed by atoms with Gasteiger partial charge in [-0.25, -0.2) is 0 Å². The van der Waals surface area contributed by atoms with Crippen LogP contribution in [-0.2, 0) is 11.3 Å². The molecule has 1 rings (SSSR count). The predicted molar refractivity (Wildman–Crippen MR) is 61.4 cm³/mol. The zero-order valence-corrected chi connectivity index (χ0v) is 9.61. The van der Waals surface area contributed by atoms with Gasteiger partial charge in [0.05, 0.1) is 6.10 Å². The number of carboxylic acids is 1. The highest BCUT2D eigenvalue weighted by molar-refractivity contribution is 6.30. The Labute approximate surface area is 98.9 Å². The number of nitrogens with one attached hydrogen (secondary N) is 1. The van der Waals surface area contributed by atoms with E-state index in [2.05, 4.69) is 5.32 Å². The molecule has 0 bridgehead atoms. The van der Waals surface area contributed by atoms with Gasteiger partial charge in [0.15, 0.2) is 0 Å². The molecule has 0 aliphatic rings. The van der Waals surface area contributed by atoms with Gasteiger partial charge in [-0.1, -0.05) is 23.7 Å². The lowest BCUT2D eigenvalue weighted by molar-refractivity contribution is -0.142. The molecule has 3 N–H and O–H groups in total. The lowest BCUT2D eigenvalue weighted by Crippen LogP contribution is -2.44. The van der Waals surface area contributed by atoms with Gasteiger partial charge >= 0.3 is 5.97 Å². The molecule has 1 unspecified atom stereocenters. The van der Waals surface area contributed by atoms with E-state index in [0.29, 0.717) is 11.6 Å². The third-order valence-electron chi connectivity index (χ3n) is 2.19. The number of benzene rings is 1. The van der Waals surface area contributed by atoms with Crippen molar-refractivity contribution in [3.63, 3.8) is 0 Å². The van der Waals surface area contributed by atoms with Crippen LogP contribution in [0.25, 0.3) is 0 Å². The van der Waals surface area contributed by atoms with Gasteiger partial charge in [0.25, 0.3) is 0 Å². The molecule has 0 aliphatic carbocycles. The first-order chi connectivity index (χ1) is 7.50. The number of halogens is 1. The molecule has 0 radical (unpaired) electrons. The molecule has 0 aromatic heterocycles. The average molecular weight is 244 g/mol. The molecule has 16 heavy (non-hydrogen) atoms. The molecule has 4 nitrogen and oxygen atoms in total. The van der Waals surface area contributed by atoms with E-state index in [4.69, 9.17) is 16.7 Å². The topological polar surface area (TPSA) is 69.6 Å². The normalized spacial score (nSPS) is 14.4. The molecule has 0 heterocycles. The minimum absolute atomic E-state index is 0.374. The van der Waals surface area contributed by atoms with E-state index in [1.54, 1.807) is 24.3 Å². The van der Waals surface area contributed by atoms with Crippen molar-refractivity contribution >= 4 is 17.6 Å². The summed E-state index contributed by atoms with van der Waals surface area (Å²) in [7, 11) is 0. The van der Waals surface area contributed by atoms with E-state index in [1.165, 1.54) is 6.92 Å². The number of rotatable bonds is 5. The summed E-state index contributed by atoms with van der Waals surface area (Å²) >= 11 is 5.72. The van der Waals surface area contributed by atoms with Crippen LogP contribution in [0.4, 0.5) is 0 Å². The molecule has 1 aromatic rings. The first kappa shape index (κ1) is 13.0. The van der Waals surface area contributed by atoms with Crippen molar-refractivity contribution in [3.05, 3.63) is 34.9 Å². The smallest absolute Gasteiger partial charge is 0.323 e. The number of aliphatic hydroxyl groups is 1. The van der Waals surface area contributed by atoms with Crippen LogP contribution in [0.15, 0.2) is 24.3 Å². The van der Waals surface area contributed by atoms with Crippen molar-refractivity contribution in [1.82, 2.24) is 5.32 Å². The van der Waals surface area contributed by atoms with E-state index < -0.39 is 18.1 Å². The number of carbonyl (C=O) groups is 1. The number of carboxylic acid groups (broad SMARTS) is 1. The van der Waals surface area contributed by atoms with Crippen molar-refractivity contribution in [2.75, 3.05) is 0 Å². The minimum atomic E-state index is -1.07. The van der Waals surface area contributed by atoms with Crippen molar-refractivity contribution in [2.24, 2.45) is 0 Å². The fourth-order valence-corrected chi connectivity index (χ4v) is 1.42. The average Bonchev–Trinajstić information content (AvgIpc) is 2.20. The first-order valence-electron chi connectivity index (χ1n) is 4.89. The third kappa shape index (κ3) is 3.81. The Morgan fingerprint density at radius 2 is 2.00 bits per heavy atom. The highest BCUT2D eigenvalue weighted by Gasteiger charge is 2.21. The highest BCUT2D eigenvalue weighted by atomic mass is 35.5. The summed E-state index contributed by atoms with van der Waals surface area (Å²) in [4.78, 5) is 10.8. The summed E-state index contributed by atoms with van der Waals surface area (Å²) < 4.78 is 0. The molecule has 0 amide bonds. The Hall–Kier alpha value is -1.10. The van der Waals surface area contributed by atoms with Crippen LogP contribution in [0.1, 0.15) is 12.5 Å². The number of aliphatic hydroxyl groups excluding tert-OH is 1. The van der Waals surface area contributed by atoms with Crippen LogP contribution in [0.5, 0.6) is 0 Å². The predicted octanol–water partition coefficient (Wildman–Crippen LogP) is 1.26. The summed E-state index contributed by atoms with van der Waals surface area (Å²) in [5.41, 5.74) is 0.913. The summed E-state index contributed by atoms with van der Waals surface area (Å²) in [6.07, 6.45) is -0.940. The monoisotopic (exact) mass is 243 g/mol. The van der Waals surface area contributed by atoms with Gasteiger partial charge in [-0.3, -0.25) is 10.1 Å². The number of aliphatic carboxylic acids is 1. The van der Waals surface area contributed by atoms with Crippen LogP contribution < -0.4 is 5.32 Å². The fraction of sp³-hybridized carbons (Fsp3) is 0.364. The maximum absolute atomic E-state index is 10.8. The summed E-state index contributed by atoms with van der Waals surface area (Å²) in [6.45, 7) is 1.81. The Bertz CT molecular complexity index is 351. The van der Waals surface area contributed by atoms with Gasteiger partial charge in [0.1, 0.15) is 6.04 Å². The van der Waals surface area contributed by atoms with Gasteiger partial charge in [-0.15, -0.1) is 0 Å². The lowest BCUT2D eigenvalue weighted by atomic mass is 10.1. The van der Waals surface area contributed by atoms with Crippen LogP contribution in [-0.4, -0.2) is 28.3 Å². The van der Waals surface area contributed by atoms with E-state index in [9.17, 15) is 9.90 Å². The van der Waals surface area contributed by atoms with Crippen molar-refractivity contribution < 1.29 is 15.0 Å². The molecule has 2 atom stereocenters. The van der Waals surface area contributed by atoms with Crippen molar-refractivity contribution in [3.8, 4) is 0 Å². The van der Waals surface area contributed by atoms with Crippen molar-refractivity contribution in [1.29, 1.82) is 0 Å². The maximum Gasteiger partial charge on any atom is 0.323 e. The molecular weight excluding hydrogens is 230 g/mol. The van der Waals surface area contributed by atoms with Gasteiger partial charge in [-0.05, 0) is 24.6 Å².